The van der Waals surface area contributed by atoms with Gasteiger partial charge in [-0.05, 0) is 61.4 Å². The molecule has 1 heterocycles. The van der Waals surface area contributed by atoms with Gasteiger partial charge in [-0.2, -0.15) is 11.8 Å². The van der Waals surface area contributed by atoms with Crippen LogP contribution in [0.1, 0.15) is 51.9 Å². The second-order valence-corrected chi connectivity index (χ2v) is 7.31. The zero-order chi connectivity index (χ0) is 12.1. The van der Waals surface area contributed by atoms with Crippen LogP contribution in [-0.2, 0) is 0 Å². The molecule has 0 radical (unpaired) electrons. The van der Waals surface area contributed by atoms with Crippen LogP contribution in [0.25, 0.3) is 0 Å². The Bertz CT molecular complexity index is 208. The Morgan fingerprint density at radius 3 is 2.35 bits per heavy atom. The highest BCUT2D eigenvalue weighted by Crippen LogP contribution is 2.34. The molecule has 0 aromatic rings. The van der Waals surface area contributed by atoms with Gasteiger partial charge in [-0.1, -0.05) is 19.8 Å². The molecule has 0 spiro atoms. The minimum absolute atomic E-state index is 0.579. The van der Waals surface area contributed by atoms with Gasteiger partial charge in [0.05, 0.1) is 0 Å². The Morgan fingerprint density at radius 1 is 1.12 bits per heavy atom. The average Bonchev–Trinajstić information content (AvgIpc) is 2.38. The quantitative estimate of drug-likeness (QED) is 0.599. The maximum atomic E-state index is 5.80. The normalized spacial score (nSPS) is 33.5. The van der Waals surface area contributed by atoms with Gasteiger partial charge in [0.15, 0.2) is 0 Å². The van der Waals surface area contributed by atoms with Gasteiger partial charge in [-0.3, -0.25) is 11.3 Å². The van der Waals surface area contributed by atoms with E-state index in [4.69, 9.17) is 5.84 Å². The first-order valence-corrected chi connectivity index (χ1v) is 8.49. The summed E-state index contributed by atoms with van der Waals surface area (Å²) < 4.78 is 0. The molecule has 1 aliphatic carbocycles. The zero-order valence-corrected chi connectivity index (χ0v) is 12.0. The Kier molecular flexibility index (Phi) is 5.64. The standard InChI is InChI=1S/C14H28N2S/c1-11-2-4-13(5-3-11)14(16-15)10-12-6-8-17-9-7-12/h11-14,16H,2-10,15H2,1H3. The Hall–Kier alpha value is 0.270. The van der Waals surface area contributed by atoms with Crippen LogP contribution in [0.2, 0.25) is 0 Å². The maximum Gasteiger partial charge on any atom is 0.0241 e. The Balaban J connectivity index is 1.78. The fraction of sp³-hybridized carbons (Fsp3) is 1.00. The molecule has 3 heteroatoms. The molecule has 100 valence electrons. The molecule has 1 saturated carbocycles. The lowest BCUT2D eigenvalue weighted by atomic mass is 9.76. The molecule has 0 bridgehead atoms. The molecular formula is C14H28N2S. The van der Waals surface area contributed by atoms with E-state index in [9.17, 15) is 0 Å². The maximum absolute atomic E-state index is 5.80. The van der Waals surface area contributed by atoms with Crippen LogP contribution >= 0.6 is 11.8 Å². The lowest BCUT2D eigenvalue weighted by molar-refractivity contribution is 0.203. The van der Waals surface area contributed by atoms with Crippen LogP contribution in [0.4, 0.5) is 0 Å². The fourth-order valence-corrected chi connectivity index (χ4v) is 4.63. The second-order valence-electron chi connectivity index (χ2n) is 6.08. The summed E-state index contributed by atoms with van der Waals surface area (Å²) in [6.07, 6.45) is 9.72. The van der Waals surface area contributed by atoms with Gasteiger partial charge in [0, 0.05) is 6.04 Å². The lowest BCUT2D eigenvalue weighted by Gasteiger charge is -2.35. The summed E-state index contributed by atoms with van der Waals surface area (Å²) in [7, 11) is 0. The Morgan fingerprint density at radius 2 is 1.76 bits per heavy atom. The number of hydrogen-bond acceptors (Lipinski definition) is 3. The summed E-state index contributed by atoms with van der Waals surface area (Å²) >= 11 is 2.12. The molecular weight excluding hydrogens is 228 g/mol. The number of nitrogens with two attached hydrogens (primary N) is 1. The van der Waals surface area contributed by atoms with E-state index < -0.39 is 0 Å². The molecule has 2 aliphatic rings. The average molecular weight is 256 g/mol. The predicted octanol–water partition coefficient (Wildman–Crippen LogP) is 3.18. The summed E-state index contributed by atoms with van der Waals surface area (Å²) in [5.74, 6) is 11.2. The molecule has 17 heavy (non-hydrogen) atoms. The van der Waals surface area contributed by atoms with Gasteiger partial charge in [-0.25, -0.2) is 0 Å². The first kappa shape index (κ1) is 13.7. The SMILES string of the molecule is CC1CCC(C(CC2CCSCC2)NN)CC1. The van der Waals surface area contributed by atoms with Gasteiger partial charge in [0.1, 0.15) is 0 Å². The number of hydrazine groups is 1. The number of hydrogen-bond donors (Lipinski definition) is 2. The third-order valence-corrected chi connectivity index (χ3v) is 5.82. The summed E-state index contributed by atoms with van der Waals surface area (Å²) in [5, 5.41) is 0. The van der Waals surface area contributed by atoms with E-state index in [-0.39, 0.29) is 0 Å². The highest BCUT2D eigenvalue weighted by atomic mass is 32.2. The molecule has 2 fully saturated rings. The largest absolute Gasteiger partial charge is 0.271 e. The van der Waals surface area contributed by atoms with Gasteiger partial charge in [-0.15, -0.1) is 0 Å². The predicted molar refractivity (Wildman–Crippen MR) is 76.9 cm³/mol. The van der Waals surface area contributed by atoms with Crippen molar-refractivity contribution in [2.24, 2.45) is 23.6 Å². The monoisotopic (exact) mass is 256 g/mol. The van der Waals surface area contributed by atoms with Gasteiger partial charge in [0.25, 0.3) is 0 Å². The lowest BCUT2D eigenvalue weighted by Crippen LogP contribution is -2.43. The molecule has 0 aromatic heterocycles. The van der Waals surface area contributed by atoms with Crippen molar-refractivity contribution in [3.8, 4) is 0 Å². The highest BCUT2D eigenvalue weighted by Gasteiger charge is 2.28. The summed E-state index contributed by atoms with van der Waals surface area (Å²) in [6, 6.07) is 0.579. The topological polar surface area (TPSA) is 38.0 Å². The molecule has 1 atom stereocenters. The van der Waals surface area contributed by atoms with Crippen molar-refractivity contribution in [3.05, 3.63) is 0 Å². The van der Waals surface area contributed by atoms with Crippen LogP contribution in [-0.4, -0.2) is 17.5 Å². The smallest absolute Gasteiger partial charge is 0.0241 e. The molecule has 2 rings (SSSR count). The summed E-state index contributed by atoms with van der Waals surface area (Å²) in [4.78, 5) is 0. The number of rotatable bonds is 4. The van der Waals surface area contributed by atoms with E-state index in [0.717, 1.165) is 17.8 Å². The van der Waals surface area contributed by atoms with Crippen LogP contribution in [0.5, 0.6) is 0 Å². The number of nitrogens with one attached hydrogen (secondary N) is 1. The minimum atomic E-state index is 0.579. The molecule has 0 aromatic carbocycles. The molecule has 0 amide bonds. The van der Waals surface area contributed by atoms with E-state index in [0.29, 0.717) is 6.04 Å². The highest BCUT2D eigenvalue weighted by molar-refractivity contribution is 7.99. The van der Waals surface area contributed by atoms with Crippen molar-refractivity contribution in [1.82, 2.24) is 5.43 Å². The molecule has 1 unspecified atom stereocenters. The van der Waals surface area contributed by atoms with Crippen molar-refractivity contribution in [2.75, 3.05) is 11.5 Å². The molecule has 3 N–H and O–H groups in total. The third kappa shape index (κ3) is 4.15. The van der Waals surface area contributed by atoms with E-state index >= 15 is 0 Å². The first-order chi connectivity index (χ1) is 8.29. The summed E-state index contributed by atoms with van der Waals surface area (Å²) in [6.45, 7) is 2.39. The third-order valence-electron chi connectivity index (χ3n) is 4.77. The van der Waals surface area contributed by atoms with Gasteiger partial charge >= 0.3 is 0 Å². The van der Waals surface area contributed by atoms with Crippen molar-refractivity contribution >= 4 is 11.8 Å². The number of thioether (sulfide) groups is 1. The summed E-state index contributed by atoms with van der Waals surface area (Å²) in [5.41, 5.74) is 3.13. The van der Waals surface area contributed by atoms with Crippen LogP contribution < -0.4 is 11.3 Å². The van der Waals surface area contributed by atoms with Crippen LogP contribution in [0.15, 0.2) is 0 Å². The second kappa shape index (κ2) is 7.01. The Labute approximate surface area is 110 Å². The minimum Gasteiger partial charge on any atom is -0.271 e. The first-order valence-electron chi connectivity index (χ1n) is 7.33. The molecule has 1 saturated heterocycles. The molecule has 2 nitrogen and oxygen atoms in total. The van der Waals surface area contributed by atoms with Crippen molar-refractivity contribution < 1.29 is 0 Å². The molecule has 1 aliphatic heterocycles. The van der Waals surface area contributed by atoms with E-state index in [1.807, 2.05) is 0 Å². The van der Waals surface area contributed by atoms with E-state index in [2.05, 4.69) is 24.1 Å². The van der Waals surface area contributed by atoms with Crippen molar-refractivity contribution in [2.45, 2.75) is 57.9 Å². The van der Waals surface area contributed by atoms with Crippen molar-refractivity contribution in [1.29, 1.82) is 0 Å². The zero-order valence-electron chi connectivity index (χ0n) is 11.2. The van der Waals surface area contributed by atoms with Crippen LogP contribution in [0, 0.1) is 17.8 Å². The van der Waals surface area contributed by atoms with Gasteiger partial charge < -0.3 is 0 Å². The van der Waals surface area contributed by atoms with Crippen LogP contribution in [0.3, 0.4) is 0 Å². The fourth-order valence-electron chi connectivity index (χ4n) is 3.43. The van der Waals surface area contributed by atoms with E-state index in [1.165, 1.54) is 56.5 Å². The van der Waals surface area contributed by atoms with Crippen molar-refractivity contribution in [3.63, 3.8) is 0 Å². The van der Waals surface area contributed by atoms with E-state index in [1.54, 1.807) is 0 Å². The van der Waals surface area contributed by atoms with Gasteiger partial charge in [0.2, 0.25) is 0 Å².